The van der Waals surface area contributed by atoms with Crippen molar-refractivity contribution in [1.29, 1.82) is 0 Å². The van der Waals surface area contributed by atoms with Gasteiger partial charge in [0.1, 0.15) is 6.54 Å². The third-order valence-electron chi connectivity index (χ3n) is 3.41. The molecule has 4 nitrogen and oxygen atoms in total. The van der Waals surface area contributed by atoms with Crippen molar-refractivity contribution in [3.05, 3.63) is 35.4 Å². The zero-order valence-electron chi connectivity index (χ0n) is 14.1. The summed E-state index contributed by atoms with van der Waals surface area (Å²) in [6.07, 6.45) is 1.29. The first-order valence-corrected chi connectivity index (χ1v) is 7.91. The van der Waals surface area contributed by atoms with Crippen LogP contribution >= 0.6 is 0 Å². The first kappa shape index (κ1) is 18.2. The number of aryl methyl sites for hydroxylation is 1. The van der Waals surface area contributed by atoms with Gasteiger partial charge in [-0.1, -0.05) is 43.7 Å². The summed E-state index contributed by atoms with van der Waals surface area (Å²) in [5, 5.41) is 0. The van der Waals surface area contributed by atoms with E-state index in [9.17, 15) is 9.59 Å². The average molecular weight is 305 g/mol. The molecule has 0 aliphatic carbocycles. The van der Waals surface area contributed by atoms with E-state index in [-0.39, 0.29) is 18.4 Å². The Labute approximate surface area is 133 Å². The summed E-state index contributed by atoms with van der Waals surface area (Å²) in [6, 6.07) is 8.00. The Kier molecular flexibility index (Phi) is 7.64. The topological polar surface area (TPSA) is 46.6 Å². The molecular formula is C18H27NO3. The van der Waals surface area contributed by atoms with E-state index in [0.717, 1.165) is 12.0 Å². The molecule has 0 radical (unpaired) electrons. The minimum absolute atomic E-state index is 0.00216. The number of rotatable bonds is 8. The molecule has 0 saturated heterocycles. The number of carbonyl (C=O) groups excluding carboxylic acids is 2. The predicted octanol–water partition coefficient (Wildman–Crippen LogP) is 3.32. The van der Waals surface area contributed by atoms with E-state index in [1.165, 1.54) is 5.56 Å². The largest absolute Gasteiger partial charge is 0.465 e. The van der Waals surface area contributed by atoms with Crippen LogP contribution in [0.25, 0.3) is 0 Å². The Morgan fingerprint density at radius 1 is 1.18 bits per heavy atom. The molecule has 1 aromatic carbocycles. The number of nitrogens with zero attached hydrogens (tertiary/aromatic N) is 1. The summed E-state index contributed by atoms with van der Waals surface area (Å²) in [5.74, 6) is 0.114. The highest BCUT2D eigenvalue weighted by Gasteiger charge is 2.18. The van der Waals surface area contributed by atoms with E-state index < -0.39 is 0 Å². The molecule has 0 spiro atoms. The number of hydrogen-bond acceptors (Lipinski definition) is 3. The monoisotopic (exact) mass is 305 g/mol. The summed E-state index contributed by atoms with van der Waals surface area (Å²) >= 11 is 0. The van der Waals surface area contributed by atoms with Gasteiger partial charge in [-0.3, -0.25) is 9.59 Å². The Bertz CT molecular complexity index is 480. The van der Waals surface area contributed by atoms with E-state index in [1.807, 2.05) is 31.2 Å². The second-order valence-electron chi connectivity index (χ2n) is 5.97. The van der Waals surface area contributed by atoms with Crippen LogP contribution in [-0.4, -0.2) is 29.9 Å². The Morgan fingerprint density at radius 2 is 1.82 bits per heavy atom. The van der Waals surface area contributed by atoms with Crippen molar-refractivity contribution < 1.29 is 14.3 Å². The van der Waals surface area contributed by atoms with Crippen molar-refractivity contribution in [1.82, 2.24) is 4.90 Å². The van der Waals surface area contributed by atoms with E-state index >= 15 is 0 Å². The fraction of sp³-hybridized carbons (Fsp3) is 0.556. The minimum atomic E-state index is -0.354. The first-order chi connectivity index (χ1) is 10.4. The van der Waals surface area contributed by atoms with Crippen LogP contribution in [0.5, 0.6) is 0 Å². The van der Waals surface area contributed by atoms with Crippen LogP contribution in [0.15, 0.2) is 24.3 Å². The lowest BCUT2D eigenvalue weighted by atomic mass is 10.1. The highest BCUT2D eigenvalue weighted by molar-refractivity contribution is 5.82. The number of ether oxygens (including phenoxy) is 1. The number of amides is 1. The van der Waals surface area contributed by atoms with Crippen molar-refractivity contribution in [2.75, 3.05) is 13.2 Å². The molecule has 0 fully saturated rings. The summed E-state index contributed by atoms with van der Waals surface area (Å²) in [7, 11) is 0. The molecular weight excluding hydrogens is 278 g/mol. The van der Waals surface area contributed by atoms with Crippen LogP contribution in [0.4, 0.5) is 0 Å². The average Bonchev–Trinajstić information content (AvgIpc) is 2.46. The maximum atomic E-state index is 12.4. The molecule has 22 heavy (non-hydrogen) atoms. The van der Waals surface area contributed by atoms with Crippen LogP contribution in [0.2, 0.25) is 0 Å². The van der Waals surface area contributed by atoms with Gasteiger partial charge in [0.15, 0.2) is 0 Å². The molecule has 0 aliphatic rings. The fourth-order valence-corrected chi connectivity index (χ4v) is 2.08. The summed E-state index contributed by atoms with van der Waals surface area (Å²) in [5.41, 5.74) is 2.19. The van der Waals surface area contributed by atoms with E-state index in [4.69, 9.17) is 4.74 Å². The van der Waals surface area contributed by atoms with Crippen LogP contribution in [0.3, 0.4) is 0 Å². The van der Waals surface area contributed by atoms with Gasteiger partial charge in [0.2, 0.25) is 5.91 Å². The molecule has 0 aliphatic heterocycles. The molecule has 0 bridgehead atoms. The van der Waals surface area contributed by atoms with Crippen LogP contribution in [0.1, 0.15) is 44.7 Å². The Balaban J connectivity index is 2.73. The molecule has 0 N–H and O–H groups in total. The second-order valence-corrected chi connectivity index (χ2v) is 5.97. The molecule has 0 unspecified atom stereocenters. The van der Waals surface area contributed by atoms with Gasteiger partial charge in [-0.2, -0.15) is 0 Å². The van der Waals surface area contributed by atoms with Crippen molar-refractivity contribution >= 4 is 11.9 Å². The van der Waals surface area contributed by atoms with E-state index in [0.29, 0.717) is 25.5 Å². The zero-order chi connectivity index (χ0) is 16.5. The third-order valence-corrected chi connectivity index (χ3v) is 3.41. The molecule has 0 aromatic heterocycles. The Morgan fingerprint density at radius 3 is 2.36 bits per heavy atom. The SMILES string of the molecule is CCOC(=O)CN(Cc1ccc(C)cc1)C(=O)CCC(C)C. The standard InChI is InChI=1S/C18H27NO3/c1-5-22-18(21)13-19(17(20)11-6-14(2)3)12-16-9-7-15(4)8-10-16/h7-10,14H,5-6,11-13H2,1-4H3. The molecule has 0 saturated carbocycles. The van der Waals surface area contributed by atoms with Gasteiger partial charge < -0.3 is 9.64 Å². The number of hydrogen-bond donors (Lipinski definition) is 0. The number of benzene rings is 1. The normalized spacial score (nSPS) is 10.6. The fourth-order valence-electron chi connectivity index (χ4n) is 2.08. The molecule has 0 atom stereocenters. The van der Waals surface area contributed by atoms with E-state index in [2.05, 4.69) is 13.8 Å². The van der Waals surface area contributed by atoms with Crippen LogP contribution < -0.4 is 0 Å². The lowest BCUT2D eigenvalue weighted by molar-refractivity contribution is -0.149. The third kappa shape index (κ3) is 6.74. The van der Waals surface area contributed by atoms with Crippen molar-refractivity contribution in [2.24, 2.45) is 5.92 Å². The van der Waals surface area contributed by atoms with Crippen molar-refractivity contribution in [2.45, 2.75) is 47.1 Å². The van der Waals surface area contributed by atoms with Crippen molar-refractivity contribution in [3.8, 4) is 0 Å². The van der Waals surface area contributed by atoms with Gasteiger partial charge in [0.05, 0.1) is 6.61 Å². The van der Waals surface area contributed by atoms with Gasteiger partial charge in [-0.25, -0.2) is 0 Å². The highest BCUT2D eigenvalue weighted by atomic mass is 16.5. The smallest absolute Gasteiger partial charge is 0.325 e. The number of carbonyl (C=O) groups is 2. The van der Waals surface area contributed by atoms with Gasteiger partial charge in [-0.15, -0.1) is 0 Å². The van der Waals surface area contributed by atoms with Gasteiger partial charge >= 0.3 is 5.97 Å². The predicted molar refractivity (Wildman–Crippen MR) is 87.3 cm³/mol. The van der Waals surface area contributed by atoms with Crippen molar-refractivity contribution in [3.63, 3.8) is 0 Å². The maximum Gasteiger partial charge on any atom is 0.325 e. The summed E-state index contributed by atoms with van der Waals surface area (Å²) in [6.45, 7) is 8.74. The van der Waals surface area contributed by atoms with Crippen LogP contribution in [-0.2, 0) is 20.9 Å². The summed E-state index contributed by atoms with van der Waals surface area (Å²) < 4.78 is 4.97. The van der Waals surface area contributed by atoms with E-state index in [1.54, 1.807) is 11.8 Å². The highest BCUT2D eigenvalue weighted by Crippen LogP contribution is 2.11. The first-order valence-electron chi connectivity index (χ1n) is 7.91. The zero-order valence-corrected chi connectivity index (χ0v) is 14.1. The summed E-state index contributed by atoms with van der Waals surface area (Å²) in [4.78, 5) is 25.7. The lowest BCUT2D eigenvalue weighted by Gasteiger charge is -2.22. The number of esters is 1. The second kappa shape index (κ2) is 9.23. The van der Waals surface area contributed by atoms with Gasteiger partial charge in [0.25, 0.3) is 0 Å². The van der Waals surface area contributed by atoms with Gasteiger partial charge in [0, 0.05) is 13.0 Å². The molecule has 1 rings (SSSR count). The quantitative estimate of drug-likeness (QED) is 0.692. The molecule has 1 aromatic rings. The van der Waals surface area contributed by atoms with Gasteiger partial charge in [-0.05, 0) is 31.7 Å². The van der Waals surface area contributed by atoms with Crippen LogP contribution in [0, 0.1) is 12.8 Å². The molecule has 1 amide bonds. The molecule has 122 valence electrons. The molecule has 0 heterocycles. The maximum absolute atomic E-state index is 12.4. The Hall–Kier alpha value is -1.84. The minimum Gasteiger partial charge on any atom is -0.465 e. The molecule has 4 heteroatoms. The lowest BCUT2D eigenvalue weighted by Crippen LogP contribution is -2.36.